The van der Waals surface area contributed by atoms with Gasteiger partial charge in [0.05, 0.1) is 0 Å². The largest absolute Gasteiger partial charge is 3.00 e. The van der Waals surface area contributed by atoms with E-state index in [1.54, 1.807) is 13.8 Å². The van der Waals surface area contributed by atoms with E-state index in [2.05, 4.69) is 13.8 Å². The molecule has 0 aliphatic rings. The van der Waals surface area contributed by atoms with Gasteiger partial charge in [0.15, 0.2) is 0 Å². The Labute approximate surface area is 61.6 Å². The van der Waals surface area contributed by atoms with Gasteiger partial charge in [0.25, 0.3) is 0 Å². The molecule has 4 heteroatoms. The van der Waals surface area contributed by atoms with Crippen LogP contribution in [0.25, 0.3) is 16.0 Å². The summed E-state index contributed by atoms with van der Waals surface area (Å²) >= 11 is 0. The van der Waals surface area contributed by atoms with Crippen molar-refractivity contribution in [2.75, 3.05) is 0 Å². The maximum Gasteiger partial charge on any atom is 3.00 e. The van der Waals surface area contributed by atoms with Crippen LogP contribution in [0.1, 0.15) is 13.8 Å². The first-order valence-corrected chi connectivity index (χ1v) is 1.81. The van der Waals surface area contributed by atoms with Gasteiger partial charge in [-0.2, -0.15) is 13.8 Å². The van der Waals surface area contributed by atoms with Crippen LogP contribution in [0.5, 0.6) is 0 Å². The van der Waals surface area contributed by atoms with Crippen molar-refractivity contribution < 1.29 is 0 Å². The van der Waals surface area contributed by atoms with Crippen LogP contribution in [-0.2, 0) is 0 Å². The molecule has 0 aromatic heterocycles. The normalized spacial score (nSPS) is 2.50. The second-order valence-corrected chi connectivity index (χ2v) is 0.0894. The minimum atomic E-state index is 0. The minimum absolute atomic E-state index is 0. The fraction of sp³-hybridized carbons (Fsp3) is 0.500. The molecule has 0 N–H and O–H groups in total. The van der Waals surface area contributed by atoms with E-state index < -0.39 is 0 Å². The molecule has 0 unspecified atom stereocenters. The van der Waals surface area contributed by atoms with Gasteiger partial charge in [-0.1, -0.05) is 0 Å². The van der Waals surface area contributed by atoms with Crippen LogP contribution in [0.2, 0.25) is 0 Å². The van der Waals surface area contributed by atoms with Gasteiger partial charge in [-0.15, -0.1) is 0 Å². The SMILES string of the molecule is [Al+3].[CH2-]C.[CH2-]C.[N-]=[N+]=[N-]. The zero-order chi connectivity index (χ0) is 6.71. The van der Waals surface area contributed by atoms with Gasteiger partial charge in [0.2, 0.25) is 0 Å². The summed E-state index contributed by atoms with van der Waals surface area (Å²) in [7, 11) is 0. The van der Waals surface area contributed by atoms with Crippen molar-refractivity contribution in [2.45, 2.75) is 13.8 Å². The van der Waals surface area contributed by atoms with E-state index >= 15 is 0 Å². The molecule has 0 aromatic carbocycles. The van der Waals surface area contributed by atoms with Crippen molar-refractivity contribution in [1.82, 2.24) is 0 Å². The number of hydrogen-bond donors (Lipinski definition) is 0. The standard InChI is InChI=1S/2C2H5.Al.N3/c2*1-2;;1-3-2/h2*1H2,2H3;;/q2*-1;+3;-1. The third kappa shape index (κ3) is 5520. The van der Waals surface area contributed by atoms with Crippen LogP contribution in [0.3, 0.4) is 0 Å². The molecular weight excluding hydrogens is 117 g/mol. The maximum absolute atomic E-state index is 6.75. The smallest absolute Gasteiger partial charge is 0.373 e. The van der Waals surface area contributed by atoms with Crippen molar-refractivity contribution in [1.29, 1.82) is 0 Å². The number of nitrogens with zero attached hydrogens (tertiary/aromatic N) is 3. The Hall–Kier alpha value is -0.158. The van der Waals surface area contributed by atoms with Crippen molar-refractivity contribution in [3.63, 3.8) is 0 Å². The predicted molar refractivity (Wildman–Crippen MR) is 37.9 cm³/mol. The van der Waals surface area contributed by atoms with E-state index in [0.29, 0.717) is 0 Å². The molecule has 0 atom stereocenters. The van der Waals surface area contributed by atoms with E-state index in [1.165, 1.54) is 4.91 Å². The molecule has 0 heterocycles. The molecule has 0 aliphatic carbocycles. The van der Waals surface area contributed by atoms with Crippen molar-refractivity contribution in [2.24, 2.45) is 0 Å². The van der Waals surface area contributed by atoms with Crippen molar-refractivity contribution in [3.8, 4) is 0 Å². The molecule has 0 spiro atoms. The number of rotatable bonds is 0. The van der Waals surface area contributed by atoms with Gasteiger partial charge >= 0.3 is 17.4 Å². The molecule has 0 bridgehead atoms. The molecule has 0 saturated carbocycles. The molecule has 0 radical (unpaired) electrons. The summed E-state index contributed by atoms with van der Waals surface area (Å²) in [6.45, 7) is 10.0. The summed E-state index contributed by atoms with van der Waals surface area (Å²) in [5.41, 5.74) is 13.5. The average molecular weight is 127 g/mol. The molecule has 0 saturated heterocycles. The molecule has 3 nitrogen and oxygen atoms in total. The molecule has 0 aromatic rings. The van der Waals surface area contributed by atoms with Gasteiger partial charge in [-0.3, -0.25) is 4.91 Å². The first kappa shape index (κ1) is 24.9. The van der Waals surface area contributed by atoms with E-state index in [1.807, 2.05) is 0 Å². The molecule has 0 aliphatic heterocycles. The first-order valence-electron chi connectivity index (χ1n) is 1.81. The van der Waals surface area contributed by atoms with Gasteiger partial charge in [-0.05, 0) is 0 Å². The Balaban J connectivity index is -0.0000000147. The minimum Gasteiger partial charge on any atom is -0.373 e. The maximum atomic E-state index is 6.75. The second kappa shape index (κ2) is 329. The zero-order valence-corrected chi connectivity index (χ0v) is 6.49. The van der Waals surface area contributed by atoms with Gasteiger partial charge in [0, 0.05) is 0 Å². The molecular formula is C4H10AlN3. The topological polar surface area (TPSA) is 58.7 Å². The number of hydrogen-bond acceptors (Lipinski definition) is 0. The third-order valence-corrected chi connectivity index (χ3v) is 0. The first-order chi connectivity index (χ1) is 3.41. The third-order valence-electron chi connectivity index (χ3n) is 0. The Bertz CT molecular complexity index is 32.3. The van der Waals surface area contributed by atoms with Crippen LogP contribution in [0, 0.1) is 13.8 Å². The van der Waals surface area contributed by atoms with Gasteiger partial charge in [-0.25, -0.2) is 0 Å². The van der Waals surface area contributed by atoms with E-state index in [9.17, 15) is 0 Å². The summed E-state index contributed by atoms with van der Waals surface area (Å²) in [4.78, 5) is 1.50. The fourth-order valence-electron chi connectivity index (χ4n) is 0. The molecule has 0 amide bonds. The summed E-state index contributed by atoms with van der Waals surface area (Å²) in [5.74, 6) is 0. The summed E-state index contributed by atoms with van der Waals surface area (Å²) < 4.78 is 0. The van der Waals surface area contributed by atoms with Crippen LogP contribution in [-0.4, -0.2) is 17.4 Å². The molecule has 8 heavy (non-hydrogen) atoms. The van der Waals surface area contributed by atoms with E-state index in [-0.39, 0.29) is 17.4 Å². The monoisotopic (exact) mass is 127 g/mol. The average Bonchev–Trinajstić information content (AvgIpc) is 1.78. The Morgan fingerprint density at radius 3 is 1.00 bits per heavy atom. The molecule has 0 rings (SSSR count). The molecule has 44 valence electrons. The van der Waals surface area contributed by atoms with Gasteiger partial charge < -0.3 is 24.9 Å². The fourth-order valence-corrected chi connectivity index (χ4v) is 0. The van der Waals surface area contributed by atoms with Crippen LogP contribution < -0.4 is 0 Å². The Kier molecular flexibility index (Phi) is 1020. The Morgan fingerprint density at radius 1 is 1.00 bits per heavy atom. The van der Waals surface area contributed by atoms with Crippen molar-refractivity contribution >= 4 is 17.4 Å². The second-order valence-electron chi connectivity index (χ2n) is 0.0894. The zero-order valence-electron chi connectivity index (χ0n) is 5.33. The Morgan fingerprint density at radius 2 is 1.00 bits per heavy atom. The predicted octanol–water partition coefficient (Wildman–Crippen LogP) is 2.17. The van der Waals surface area contributed by atoms with Gasteiger partial charge in [0.1, 0.15) is 0 Å². The summed E-state index contributed by atoms with van der Waals surface area (Å²) in [5, 5.41) is 0. The van der Waals surface area contributed by atoms with Crippen LogP contribution in [0.15, 0.2) is 0 Å². The van der Waals surface area contributed by atoms with E-state index in [0.717, 1.165) is 0 Å². The summed E-state index contributed by atoms with van der Waals surface area (Å²) in [6, 6.07) is 0. The van der Waals surface area contributed by atoms with Crippen LogP contribution >= 0.6 is 0 Å². The van der Waals surface area contributed by atoms with E-state index in [4.69, 9.17) is 11.1 Å². The van der Waals surface area contributed by atoms with Crippen LogP contribution in [0.4, 0.5) is 0 Å². The summed E-state index contributed by atoms with van der Waals surface area (Å²) in [6.07, 6.45) is 0. The molecule has 0 fully saturated rings. The van der Waals surface area contributed by atoms with Crippen molar-refractivity contribution in [3.05, 3.63) is 29.8 Å². The quantitative estimate of drug-likeness (QED) is 0.157.